The molecule has 0 amide bonds. The molecule has 0 atom stereocenters. The van der Waals surface area contributed by atoms with Crippen molar-refractivity contribution in [3.63, 3.8) is 0 Å². The lowest BCUT2D eigenvalue weighted by atomic mass is 9.82. The second kappa shape index (κ2) is 6.39. The summed E-state index contributed by atoms with van der Waals surface area (Å²) in [6.45, 7) is 0. The second-order valence-corrected chi connectivity index (χ2v) is 6.71. The van der Waals surface area contributed by atoms with Crippen molar-refractivity contribution in [3.8, 4) is 22.5 Å². The van der Waals surface area contributed by atoms with E-state index in [0.29, 0.717) is 33.6 Å². The molecule has 0 bridgehead atoms. The summed E-state index contributed by atoms with van der Waals surface area (Å²) in [7, 11) is 0. The molecule has 1 aliphatic carbocycles. The van der Waals surface area contributed by atoms with Crippen LogP contribution in [-0.2, 0) is 0 Å². The first-order valence-electron chi connectivity index (χ1n) is 9.08. The van der Waals surface area contributed by atoms with E-state index in [4.69, 9.17) is 4.98 Å². The van der Waals surface area contributed by atoms with Gasteiger partial charge >= 0.3 is 0 Å². The summed E-state index contributed by atoms with van der Waals surface area (Å²) in [4.78, 5) is 31.4. The molecular weight excluding hydrogens is 346 g/mol. The predicted octanol–water partition coefficient (Wildman–Crippen LogP) is 5.19. The third kappa shape index (κ3) is 2.48. The first kappa shape index (κ1) is 16.3. The Morgan fingerprint density at radius 1 is 0.536 bits per heavy atom. The summed E-state index contributed by atoms with van der Waals surface area (Å²) >= 11 is 0. The number of nitrogens with zero attached hydrogens (tertiary/aromatic N) is 1. The van der Waals surface area contributed by atoms with Crippen LogP contribution in [0.2, 0.25) is 0 Å². The van der Waals surface area contributed by atoms with Crippen LogP contribution in [0.25, 0.3) is 22.5 Å². The van der Waals surface area contributed by atoms with Crippen LogP contribution in [0.3, 0.4) is 0 Å². The first-order valence-corrected chi connectivity index (χ1v) is 9.08. The molecule has 0 unspecified atom stereocenters. The SMILES string of the molecule is O=C1c2ccccc2C(=O)c2c1cc(-c1ccccc1)nc2-c1ccccc1. The number of carbonyl (C=O) groups is 2. The van der Waals surface area contributed by atoms with Crippen molar-refractivity contribution in [2.75, 3.05) is 0 Å². The van der Waals surface area contributed by atoms with E-state index in [1.165, 1.54) is 0 Å². The van der Waals surface area contributed by atoms with Crippen LogP contribution in [0, 0.1) is 0 Å². The largest absolute Gasteiger partial charge is 0.289 e. The summed E-state index contributed by atoms with van der Waals surface area (Å²) in [5.74, 6) is -0.293. The Labute approximate surface area is 162 Å². The molecule has 3 nitrogen and oxygen atoms in total. The van der Waals surface area contributed by atoms with Crippen molar-refractivity contribution in [2.24, 2.45) is 0 Å². The van der Waals surface area contributed by atoms with Crippen LogP contribution in [-0.4, -0.2) is 16.6 Å². The summed E-state index contributed by atoms with van der Waals surface area (Å²) in [6.07, 6.45) is 0. The smallest absolute Gasteiger partial charge is 0.196 e. The van der Waals surface area contributed by atoms with Crippen LogP contribution in [0.4, 0.5) is 0 Å². The molecule has 132 valence electrons. The maximum absolute atomic E-state index is 13.3. The Morgan fingerprint density at radius 2 is 1.07 bits per heavy atom. The molecule has 0 radical (unpaired) electrons. The fourth-order valence-corrected chi connectivity index (χ4v) is 3.67. The number of ketones is 2. The lowest BCUT2D eigenvalue weighted by Gasteiger charge is -2.21. The molecule has 0 fully saturated rings. The van der Waals surface area contributed by atoms with Gasteiger partial charge in [0.1, 0.15) is 0 Å². The van der Waals surface area contributed by atoms with Crippen LogP contribution >= 0.6 is 0 Å². The van der Waals surface area contributed by atoms with E-state index in [1.54, 1.807) is 30.3 Å². The maximum atomic E-state index is 13.3. The number of aromatic nitrogens is 1. The molecule has 3 heteroatoms. The molecule has 5 rings (SSSR count). The third-order valence-electron chi connectivity index (χ3n) is 5.02. The number of benzene rings is 3. The van der Waals surface area contributed by atoms with Gasteiger partial charge < -0.3 is 0 Å². The number of hydrogen-bond acceptors (Lipinski definition) is 3. The highest BCUT2D eigenvalue weighted by atomic mass is 16.1. The molecule has 1 aromatic heterocycles. The standard InChI is InChI=1S/C25H15NO2/c27-24-18-13-7-8-14-19(18)25(28)22-20(24)15-21(16-9-3-1-4-10-16)26-23(22)17-11-5-2-6-12-17/h1-15H. The van der Waals surface area contributed by atoms with Crippen molar-refractivity contribution in [1.29, 1.82) is 0 Å². The minimum atomic E-state index is -0.156. The summed E-state index contributed by atoms with van der Waals surface area (Å²) in [5.41, 5.74) is 4.63. The van der Waals surface area contributed by atoms with Crippen LogP contribution < -0.4 is 0 Å². The van der Waals surface area contributed by atoms with Gasteiger partial charge in [-0.05, 0) is 6.07 Å². The maximum Gasteiger partial charge on any atom is 0.196 e. The molecule has 0 saturated carbocycles. The monoisotopic (exact) mass is 361 g/mol. The fraction of sp³-hybridized carbons (Fsp3) is 0. The van der Waals surface area contributed by atoms with Gasteiger partial charge in [-0.3, -0.25) is 9.59 Å². The van der Waals surface area contributed by atoms with E-state index in [1.807, 2.05) is 60.7 Å². The molecule has 1 aliphatic rings. The highest BCUT2D eigenvalue weighted by Gasteiger charge is 2.33. The quantitative estimate of drug-likeness (QED) is 0.435. The minimum Gasteiger partial charge on any atom is -0.289 e. The molecular formula is C25H15NO2. The Hall–Kier alpha value is -3.85. The Morgan fingerprint density at radius 3 is 1.71 bits per heavy atom. The van der Waals surface area contributed by atoms with E-state index in [2.05, 4.69) is 0 Å². The Balaban J connectivity index is 1.84. The van der Waals surface area contributed by atoms with Gasteiger partial charge in [-0.25, -0.2) is 4.98 Å². The number of carbonyl (C=O) groups excluding carboxylic acids is 2. The zero-order chi connectivity index (χ0) is 19.1. The van der Waals surface area contributed by atoms with Gasteiger partial charge in [0, 0.05) is 27.8 Å². The molecule has 0 saturated heterocycles. The van der Waals surface area contributed by atoms with Crippen molar-refractivity contribution < 1.29 is 9.59 Å². The highest BCUT2D eigenvalue weighted by molar-refractivity contribution is 6.30. The lowest BCUT2D eigenvalue weighted by Crippen LogP contribution is -2.22. The highest BCUT2D eigenvalue weighted by Crippen LogP contribution is 2.35. The number of hydrogen-bond donors (Lipinski definition) is 0. The average Bonchev–Trinajstić information content (AvgIpc) is 2.78. The molecule has 28 heavy (non-hydrogen) atoms. The van der Waals surface area contributed by atoms with Crippen molar-refractivity contribution in [1.82, 2.24) is 4.98 Å². The van der Waals surface area contributed by atoms with Crippen LogP contribution in [0.5, 0.6) is 0 Å². The zero-order valence-electron chi connectivity index (χ0n) is 14.9. The number of fused-ring (bicyclic) bond motifs is 2. The fourth-order valence-electron chi connectivity index (χ4n) is 3.67. The zero-order valence-corrected chi connectivity index (χ0v) is 14.9. The van der Waals surface area contributed by atoms with E-state index < -0.39 is 0 Å². The van der Waals surface area contributed by atoms with Gasteiger partial charge in [-0.15, -0.1) is 0 Å². The van der Waals surface area contributed by atoms with E-state index in [9.17, 15) is 9.59 Å². The lowest BCUT2D eigenvalue weighted by molar-refractivity contribution is 0.0979. The first-order chi connectivity index (χ1) is 13.7. The topological polar surface area (TPSA) is 47.0 Å². The summed E-state index contributed by atoms with van der Waals surface area (Å²) < 4.78 is 0. The molecule has 0 aliphatic heterocycles. The molecule has 0 spiro atoms. The normalized spacial score (nSPS) is 12.4. The Kier molecular flexibility index (Phi) is 3.73. The molecule has 1 heterocycles. The second-order valence-electron chi connectivity index (χ2n) is 6.71. The summed E-state index contributed by atoms with van der Waals surface area (Å²) in [6, 6.07) is 28.0. The van der Waals surface area contributed by atoms with Crippen molar-refractivity contribution in [3.05, 3.63) is 113 Å². The van der Waals surface area contributed by atoms with Gasteiger partial charge in [-0.2, -0.15) is 0 Å². The van der Waals surface area contributed by atoms with E-state index >= 15 is 0 Å². The summed E-state index contributed by atoms with van der Waals surface area (Å²) in [5, 5.41) is 0. The van der Waals surface area contributed by atoms with Crippen LogP contribution in [0.1, 0.15) is 31.8 Å². The minimum absolute atomic E-state index is 0.137. The van der Waals surface area contributed by atoms with Gasteiger partial charge in [0.2, 0.25) is 0 Å². The Bertz CT molecular complexity index is 1230. The number of rotatable bonds is 2. The van der Waals surface area contributed by atoms with Gasteiger partial charge in [-0.1, -0.05) is 84.9 Å². The van der Waals surface area contributed by atoms with Gasteiger partial charge in [0.15, 0.2) is 11.6 Å². The van der Waals surface area contributed by atoms with E-state index in [-0.39, 0.29) is 11.6 Å². The predicted molar refractivity (Wildman–Crippen MR) is 108 cm³/mol. The van der Waals surface area contributed by atoms with Gasteiger partial charge in [0.05, 0.1) is 17.0 Å². The van der Waals surface area contributed by atoms with Crippen molar-refractivity contribution in [2.45, 2.75) is 0 Å². The number of pyridine rings is 1. The van der Waals surface area contributed by atoms with Gasteiger partial charge in [0.25, 0.3) is 0 Å². The molecule has 3 aromatic carbocycles. The molecule has 0 N–H and O–H groups in total. The average molecular weight is 361 g/mol. The molecule has 4 aromatic rings. The van der Waals surface area contributed by atoms with Crippen molar-refractivity contribution >= 4 is 11.6 Å². The van der Waals surface area contributed by atoms with E-state index in [0.717, 1.165) is 11.1 Å². The van der Waals surface area contributed by atoms with Crippen LogP contribution in [0.15, 0.2) is 91.0 Å². The third-order valence-corrected chi connectivity index (χ3v) is 5.02.